The van der Waals surface area contributed by atoms with E-state index in [4.69, 9.17) is 4.98 Å². The topological polar surface area (TPSA) is 24.9 Å². The van der Waals surface area contributed by atoms with E-state index in [0.717, 1.165) is 6.54 Å². The highest BCUT2D eigenvalue weighted by atomic mass is 32.1. The monoisotopic (exact) mass is 300 g/mol. The zero-order chi connectivity index (χ0) is 15.0. The third-order valence-corrected chi connectivity index (χ3v) is 5.64. The molecule has 1 N–H and O–H groups in total. The normalized spacial score (nSPS) is 17.8. The molecule has 0 saturated heterocycles. The lowest BCUT2D eigenvalue weighted by molar-refractivity contribution is 0.465. The van der Waals surface area contributed by atoms with E-state index >= 15 is 0 Å². The van der Waals surface area contributed by atoms with Gasteiger partial charge in [0.15, 0.2) is 0 Å². The van der Waals surface area contributed by atoms with Crippen LogP contribution in [0.15, 0.2) is 12.1 Å². The molecule has 1 unspecified atom stereocenters. The van der Waals surface area contributed by atoms with Crippen LogP contribution in [-0.4, -0.2) is 11.5 Å². The molecular formula is C18H24N2S. The fourth-order valence-electron chi connectivity index (χ4n) is 3.17. The molecule has 1 aliphatic carbocycles. The van der Waals surface area contributed by atoms with Gasteiger partial charge in [-0.2, -0.15) is 0 Å². The molecule has 0 fully saturated rings. The highest BCUT2D eigenvalue weighted by Crippen LogP contribution is 2.38. The summed E-state index contributed by atoms with van der Waals surface area (Å²) in [6, 6.07) is 5.04. The van der Waals surface area contributed by atoms with E-state index in [2.05, 4.69) is 45.1 Å². The third-order valence-electron chi connectivity index (χ3n) is 4.48. The summed E-state index contributed by atoms with van der Waals surface area (Å²) in [5.74, 6) is 0. The number of aryl methyl sites for hydroxylation is 4. The van der Waals surface area contributed by atoms with Gasteiger partial charge in [0, 0.05) is 10.4 Å². The zero-order valence-corrected chi connectivity index (χ0v) is 14.2. The van der Waals surface area contributed by atoms with Crippen molar-refractivity contribution in [1.29, 1.82) is 0 Å². The van der Waals surface area contributed by atoms with Crippen molar-refractivity contribution in [3.63, 3.8) is 0 Å². The first-order valence-electron chi connectivity index (χ1n) is 7.91. The van der Waals surface area contributed by atoms with Crippen LogP contribution in [0.2, 0.25) is 0 Å². The average molecular weight is 300 g/mol. The molecule has 1 aromatic heterocycles. The van der Waals surface area contributed by atoms with Crippen molar-refractivity contribution in [2.24, 2.45) is 0 Å². The number of fused-ring (bicyclic) bond motifs is 1. The van der Waals surface area contributed by atoms with Gasteiger partial charge in [-0.3, -0.25) is 0 Å². The third kappa shape index (κ3) is 2.77. The fraction of sp³-hybridized carbons (Fsp3) is 0.500. The Bertz CT molecular complexity index is 657. The van der Waals surface area contributed by atoms with Crippen LogP contribution in [0, 0.1) is 20.8 Å². The van der Waals surface area contributed by atoms with Crippen LogP contribution in [0.4, 0.5) is 0 Å². The first kappa shape index (κ1) is 14.7. The minimum Gasteiger partial charge on any atom is -0.309 e. The molecule has 112 valence electrons. The van der Waals surface area contributed by atoms with E-state index in [1.165, 1.54) is 57.1 Å². The van der Waals surface area contributed by atoms with Gasteiger partial charge in [0.05, 0.1) is 11.7 Å². The first-order valence-corrected chi connectivity index (χ1v) is 8.73. The largest absolute Gasteiger partial charge is 0.309 e. The summed E-state index contributed by atoms with van der Waals surface area (Å²) >= 11 is 1.90. The van der Waals surface area contributed by atoms with Crippen molar-refractivity contribution in [2.75, 3.05) is 6.54 Å². The van der Waals surface area contributed by atoms with E-state index in [1.54, 1.807) is 0 Å². The van der Waals surface area contributed by atoms with Gasteiger partial charge in [0.1, 0.15) is 5.01 Å². The Morgan fingerprint density at radius 2 is 1.95 bits per heavy atom. The van der Waals surface area contributed by atoms with Gasteiger partial charge in [-0.05, 0) is 69.3 Å². The second-order valence-corrected chi connectivity index (χ2v) is 7.16. The number of hydrogen-bond donors (Lipinski definition) is 1. The summed E-state index contributed by atoms with van der Waals surface area (Å²) in [5, 5.41) is 4.78. The van der Waals surface area contributed by atoms with Crippen molar-refractivity contribution < 1.29 is 0 Å². The van der Waals surface area contributed by atoms with E-state index in [9.17, 15) is 0 Å². The molecule has 3 heteroatoms. The lowest BCUT2D eigenvalue weighted by atomic mass is 9.97. The summed E-state index contributed by atoms with van der Waals surface area (Å²) in [6.07, 6.45) is 3.69. The lowest BCUT2D eigenvalue weighted by Crippen LogP contribution is -2.24. The molecule has 21 heavy (non-hydrogen) atoms. The summed E-state index contributed by atoms with van der Waals surface area (Å²) in [4.78, 5) is 6.49. The van der Waals surface area contributed by atoms with E-state index < -0.39 is 0 Å². The summed E-state index contributed by atoms with van der Waals surface area (Å²) < 4.78 is 0. The molecule has 2 nitrogen and oxygen atoms in total. The quantitative estimate of drug-likeness (QED) is 0.887. The number of nitrogens with zero attached hydrogens (tertiary/aromatic N) is 1. The van der Waals surface area contributed by atoms with Gasteiger partial charge in [0.25, 0.3) is 0 Å². The van der Waals surface area contributed by atoms with Crippen LogP contribution in [-0.2, 0) is 6.42 Å². The van der Waals surface area contributed by atoms with E-state index in [1.807, 2.05) is 11.3 Å². The van der Waals surface area contributed by atoms with Crippen LogP contribution in [0.3, 0.4) is 0 Å². The zero-order valence-electron chi connectivity index (χ0n) is 13.4. The maximum atomic E-state index is 5.01. The maximum Gasteiger partial charge on any atom is 0.124 e. The number of benzene rings is 1. The highest BCUT2D eigenvalue weighted by Gasteiger charge is 2.24. The Labute approximate surface area is 131 Å². The smallest absolute Gasteiger partial charge is 0.124 e. The molecule has 1 heterocycles. The minimum absolute atomic E-state index is 0.454. The highest BCUT2D eigenvalue weighted by molar-refractivity contribution is 7.15. The van der Waals surface area contributed by atoms with Crippen molar-refractivity contribution in [3.05, 3.63) is 39.4 Å². The van der Waals surface area contributed by atoms with Gasteiger partial charge in [-0.25, -0.2) is 4.98 Å². The van der Waals surface area contributed by atoms with Gasteiger partial charge < -0.3 is 5.32 Å². The average Bonchev–Trinajstić information content (AvgIpc) is 2.88. The molecule has 0 aliphatic heterocycles. The second-order valence-electron chi connectivity index (χ2n) is 6.08. The molecule has 3 rings (SSSR count). The van der Waals surface area contributed by atoms with Gasteiger partial charge in [-0.1, -0.05) is 13.0 Å². The number of nitrogens with one attached hydrogen (secondary N) is 1. The van der Waals surface area contributed by atoms with Crippen LogP contribution < -0.4 is 5.32 Å². The standard InChI is InChI=1S/C18H24N2S/c1-5-19-15-7-6-8-16-17(15)20-18(21-16)14-10-12(3)11(2)9-13(14)4/h9-10,15,19H,5-8H2,1-4H3. The van der Waals surface area contributed by atoms with Gasteiger partial charge >= 0.3 is 0 Å². The van der Waals surface area contributed by atoms with E-state index in [0.29, 0.717) is 6.04 Å². The number of rotatable bonds is 3. The molecule has 1 aliphatic rings. The minimum atomic E-state index is 0.454. The number of hydrogen-bond acceptors (Lipinski definition) is 3. The molecule has 0 radical (unpaired) electrons. The second kappa shape index (κ2) is 5.90. The van der Waals surface area contributed by atoms with E-state index in [-0.39, 0.29) is 0 Å². The summed E-state index contributed by atoms with van der Waals surface area (Å²) in [5.41, 5.74) is 6.67. The Morgan fingerprint density at radius 1 is 1.19 bits per heavy atom. The summed E-state index contributed by atoms with van der Waals surface area (Å²) in [7, 11) is 0. The SMILES string of the molecule is CCNC1CCCc2sc(-c3cc(C)c(C)cc3C)nc21. The molecule has 1 aromatic carbocycles. The molecule has 0 saturated carbocycles. The fourth-order valence-corrected chi connectivity index (χ4v) is 4.42. The van der Waals surface area contributed by atoms with Crippen molar-refractivity contribution in [2.45, 2.75) is 53.0 Å². The summed E-state index contributed by atoms with van der Waals surface area (Å²) in [6.45, 7) is 9.76. The van der Waals surface area contributed by atoms with Crippen LogP contribution in [0.25, 0.3) is 10.6 Å². The Morgan fingerprint density at radius 3 is 2.71 bits per heavy atom. The lowest BCUT2D eigenvalue weighted by Gasteiger charge is -2.21. The first-order chi connectivity index (χ1) is 10.1. The van der Waals surface area contributed by atoms with Crippen LogP contribution in [0.1, 0.15) is 53.1 Å². The molecular weight excluding hydrogens is 276 g/mol. The molecule has 1 atom stereocenters. The van der Waals surface area contributed by atoms with Crippen molar-refractivity contribution >= 4 is 11.3 Å². The molecule has 2 aromatic rings. The Kier molecular flexibility index (Phi) is 4.14. The van der Waals surface area contributed by atoms with Crippen molar-refractivity contribution in [3.8, 4) is 10.6 Å². The molecule has 0 amide bonds. The number of thiazole rings is 1. The Hall–Kier alpha value is -1.19. The van der Waals surface area contributed by atoms with Gasteiger partial charge in [-0.15, -0.1) is 11.3 Å². The maximum absolute atomic E-state index is 5.01. The Balaban J connectivity index is 2.03. The molecule has 0 bridgehead atoms. The van der Waals surface area contributed by atoms with Crippen molar-refractivity contribution in [1.82, 2.24) is 10.3 Å². The van der Waals surface area contributed by atoms with Crippen LogP contribution >= 0.6 is 11.3 Å². The van der Waals surface area contributed by atoms with Gasteiger partial charge in [0.2, 0.25) is 0 Å². The predicted molar refractivity (Wildman–Crippen MR) is 91.1 cm³/mol. The van der Waals surface area contributed by atoms with Crippen LogP contribution in [0.5, 0.6) is 0 Å². The molecule has 0 spiro atoms. The predicted octanol–water partition coefficient (Wildman–Crippen LogP) is 4.72. The number of aromatic nitrogens is 1.